The summed E-state index contributed by atoms with van der Waals surface area (Å²) in [6.45, 7) is 8.06. The van der Waals surface area contributed by atoms with Crippen LogP contribution in [0.2, 0.25) is 0 Å². The molecular weight excluding hydrogens is 284 g/mol. The highest BCUT2D eigenvalue weighted by Gasteiger charge is 2.39. The number of imidazole rings is 1. The highest BCUT2D eigenvalue weighted by Crippen LogP contribution is 2.30. The summed E-state index contributed by atoms with van der Waals surface area (Å²) < 4.78 is 5.99. The van der Waals surface area contributed by atoms with Gasteiger partial charge in [0.1, 0.15) is 0 Å². The molecule has 0 radical (unpaired) electrons. The normalized spacial score (nSPS) is 31.5. The number of hydrogen-bond acceptors (Lipinski definition) is 4. The first kappa shape index (κ1) is 16.5. The summed E-state index contributed by atoms with van der Waals surface area (Å²) in [6, 6.07) is -0.00970. The van der Waals surface area contributed by atoms with Crippen LogP contribution in [0.5, 0.6) is 0 Å². The van der Waals surface area contributed by atoms with Crippen LogP contribution >= 0.6 is 0 Å². The van der Waals surface area contributed by atoms with Crippen LogP contribution in [-0.4, -0.2) is 46.6 Å². The highest BCUT2D eigenvalue weighted by atomic mass is 16.5. The first-order chi connectivity index (χ1) is 10.4. The van der Waals surface area contributed by atoms with E-state index in [1.165, 1.54) is 13.1 Å². The lowest BCUT2D eigenvalue weighted by Gasteiger charge is -2.44. The second kappa shape index (κ2) is 6.91. The molecule has 2 amide bonds. The van der Waals surface area contributed by atoms with Crippen molar-refractivity contribution in [2.24, 2.45) is 11.8 Å². The predicted molar refractivity (Wildman–Crippen MR) is 81.2 cm³/mol. The molecule has 0 aromatic carbocycles. The summed E-state index contributed by atoms with van der Waals surface area (Å²) in [5.41, 5.74) is 0. The Kier molecular flexibility index (Phi) is 5.18. The van der Waals surface area contributed by atoms with Gasteiger partial charge in [0.15, 0.2) is 5.82 Å². The third-order valence-electron chi connectivity index (χ3n) is 4.42. The van der Waals surface area contributed by atoms with Crippen LogP contribution in [0.1, 0.15) is 38.3 Å². The van der Waals surface area contributed by atoms with E-state index >= 15 is 0 Å². The summed E-state index contributed by atoms with van der Waals surface area (Å²) in [5.74, 6) is 0.470. The van der Waals surface area contributed by atoms with Gasteiger partial charge in [-0.2, -0.15) is 0 Å². The Morgan fingerprint density at radius 3 is 2.64 bits per heavy atom. The number of nitrogens with zero attached hydrogens (tertiary/aromatic N) is 1. The molecule has 1 aromatic rings. The zero-order valence-electron chi connectivity index (χ0n) is 13.4. The molecule has 122 valence electrons. The zero-order valence-corrected chi connectivity index (χ0v) is 13.4. The summed E-state index contributed by atoms with van der Waals surface area (Å²) in [4.78, 5) is 29.9. The van der Waals surface area contributed by atoms with Crippen molar-refractivity contribution >= 4 is 11.8 Å². The Balaban J connectivity index is 1.93. The van der Waals surface area contributed by atoms with Gasteiger partial charge in [-0.15, -0.1) is 0 Å². The molecule has 7 heteroatoms. The molecule has 0 aliphatic carbocycles. The lowest BCUT2D eigenvalue weighted by atomic mass is 9.80. The molecule has 0 spiro atoms. The van der Waals surface area contributed by atoms with Gasteiger partial charge in [0.25, 0.3) is 5.91 Å². The van der Waals surface area contributed by atoms with Gasteiger partial charge in [-0.1, -0.05) is 13.8 Å². The van der Waals surface area contributed by atoms with E-state index in [4.69, 9.17) is 4.74 Å². The number of carbonyl (C=O) groups excluding carboxylic acids is 2. The molecule has 1 fully saturated rings. The molecule has 2 rings (SSSR count). The van der Waals surface area contributed by atoms with Crippen LogP contribution in [0.25, 0.3) is 0 Å². The molecule has 5 unspecified atom stereocenters. The Labute approximate surface area is 130 Å². The van der Waals surface area contributed by atoms with Gasteiger partial charge in [-0.05, 0) is 18.8 Å². The molecule has 1 saturated heterocycles. The average Bonchev–Trinajstić information content (AvgIpc) is 2.99. The summed E-state index contributed by atoms with van der Waals surface area (Å²) in [5, 5.41) is 5.79. The standard InChI is InChI=1S/C15H24N4O3/c1-8-9(2)13(19-11(4)20)10(3)22-12(8)7-18-15(21)14-16-5-6-17-14/h5-6,8-10,12-13H,7H2,1-4H3,(H,16,17)(H,18,21)(H,19,20). The minimum Gasteiger partial charge on any atom is -0.371 e. The minimum absolute atomic E-state index is 0.00970. The van der Waals surface area contributed by atoms with E-state index in [-0.39, 0.29) is 41.9 Å². The van der Waals surface area contributed by atoms with Crippen molar-refractivity contribution in [3.05, 3.63) is 18.2 Å². The van der Waals surface area contributed by atoms with Gasteiger partial charge in [-0.3, -0.25) is 9.59 Å². The predicted octanol–water partition coefficient (Wildman–Crippen LogP) is 0.704. The van der Waals surface area contributed by atoms with Crippen LogP contribution in [-0.2, 0) is 9.53 Å². The Morgan fingerprint density at radius 2 is 2.05 bits per heavy atom. The summed E-state index contributed by atoms with van der Waals surface area (Å²) in [6.07, 6.45) is 2.96. The third-order valence-corrected chi connectivity index (χ3v) is 4.42. The van der Waals surface area contributed by atoms with Crippen molar-refractivity contribution in [2.75, 3.05) is 6.54 Å². The third kappa shape index (κ3) is 3.65. The molecule has 5 atom stereocenters. The number of ether oxygens (including phenoxy) is 1. The average molecular weight is 308 g/mol. The molecule has 1 aromatic heterocycles. The maximum atomic E-state index is 11.9. The molecule has 7 nitrogen and oxygen atoms in total. The van der Waals surface area contributed by atoms with E-state index in [1.807, 2.05) is 6.92 Å². The van der Waals surface area contributed by atoms with Gasteiger partial charge >= 0.3 is 0 Å². The van der Waals surface area contributed by atoms with Crippen molar-refractivity contribution in [3.63, 3.8) is 0 Å². The van der Waals surface area contributed by atoms with Gasteiger partial charge in [0.05, 0.1) is 18.2 Å². The quantitative estimate of drug-likeness (QED) is 0.763. The second-order valence-electron chi connectivity index (χ2n) is 5.97. The molecule has 1 aliphatic rings. The Morgan fingerprint density at radius 1 is 1.32 bits per heavy atom. The van der Waals surface area contributed by atoms with Crippen LogP contribution in [0.4, 0.5) is 0 Å². The van der Waals surface area contributed by atoms with E-state index in [0.29, 0.717) is 12.4 Å². The molecule has 0 saturated carbocycles. The topological polar surface area (TPSA) is 96.1 Å². The highest BCUT2D eigenvalue weighted by molar-refractivity contribution is 5.90. The second-order valence-corrected chi connectivity index (χ2v) is 5.97. The molecule has 2 heterocycles. The fourth-order valence-electron chi connectivity index (χ4n) is 2.96. The Hall–Kier alpha value is -1.89. The lowest BCUT2D eigenvalue weighted by molar-refractivity contribution is -0.132. The van der Waals surface area contributed by atoms with Gasteiger partial charge in [0.2, 0.25) is 5.91 Å². The van der Waals surface area contributed by atoms with Crippen molar-refractivity contribution in [1.29, 1.82) is 0 Å². The molecule has 3 N–H and O–H groups in total. The number of hydrogen-bond donors (Lipinski definition) is 3. The van der Waals surface area contributed by atoms with Crippen LogP contribution in [0.15, 0.2) is 12.4 Å². The van der Waals surface area contributed by atoms with Crippen molar-refractivity contribution in [2.45, 2.75) is 45.9 Å². The molecular formula is C15H24N4O3. The largest absolute Gasteiger partial charge is 0.371 e. The summed E-state index contributed by atoms with van der Waals surface area (Å²) in [7, 11) is 0. The maximum Gasteiger partial charge on any atom is 0.287 e. The smallest absolute Gasteiger partial charge is 0.287 e. The number of H-pyrrole nitrogens is 1. The number of amides is 2. The summed E-state index contributed by atoms with van der Waals surface area (Å²) >= 11 is 0. The fourth-order valence-corrected chi connectivity index (χ4v) is 2.96. The van der Waals surface area contributed by atoms with E-state index < -0.39 is 0 Å². The number of nitrogens with one attached hydrogen (secondary N) is 3. The monoisotopic (exact) mass is 308 g/mol. The van der Waals surface area contributed by atoms with Crippen LogP contribution in [0, 0.1) is 11.8 Å². The Bertz CT molecular complexity index is 517. The van der Waals surface area contributed by atoms with Crippen molar-refractivity contribution in [1.82, 2.24) is 20.6 Å². The van der Waals surface area contributed by atoms with Crippen LogP contribution < -0.4 is 10.6 Å². The minimum atomic E-state index is -0.245. The van der Waals surface area contributed by atoms with Gasteiger partial charge in [0, 0.05) is 25.9 Å². The first-order valence-electron chi connectivity index (χ1n) is 7.60. The number of carbonyl (C=O) groups is 2. The van der Waals surface area contributed by atoms with Crippen molar-refractivity contribution in [3.8, 4) is 0 Å². The zero-order chi connectivity index (χ0) is 16.3. The number of aromatic amines is 1. The fraction of sp³-hybridized carbons (Fsp3) is 0.667. The van der Waals surface area contributed by atoms with Crippen LogP contribution in [0.3, 0.4) is 0 Å². The molecule has 0 bridgehead atoms. The van der Waals surface area contributed by atoms with Gasteiger partial charge in [-0.25, -0.2) is 4.98 Å². The van der Waals surface area contributed by atoms with E-state index in [1.54, 1.807) is 6.20 Å². The first-order valence-corrected chi connectivity index (χ1v) is 7.60. The van der Waals surface area contributed by atoms with E-state index in [2.05, 4.69) is 34.4 Å². The molecule has 1 aliphatic heterocycles. The molecule has 22 heavy (non-hydrogen) atoms. The van der Waals surface area contributed by atoms with E-state index in [0.717, 1.165) is 0 Å². The van der Waals surface area contributed by atoms with Gasteiger partial charge < -0.3 is 20.4 Å². The maximum absolute atomic E-state index is 11.9. The lowest BCUT2D eigenvalue weighted by Crippen LogP contribution is -2.57. The number of aromatic nitrogens is 2. The van der Waals surface area contributed by atoms with E-state index in [9.17, 15) is 9.59 Å². The SMILES string of the molecule is CC(=O)NC1C(C)OC(CNC(=O)c2ncc[nH]2)C(C)C1C. The van der Waals surface area contributed by atoms with Crippen molar-refractivity contribution < 1.29 is 14.3 Å². The number of rotatable bonds is 4.